The highest BCUT2D eigenvalue weighted by Gasteiger charge is 1.90. The number of carbonyl (C=O) groups is 2. The molecule has 5 nitrogen and oxygen atoms in total. The topological polar surface area (TPSA) is 83.8 Å². The summed E-state index contributed by atoms with van der Waals surface area (Å²) in [5, 5.41) is 15.9. The number of aliphatic hydroxyl groups excluding tert-OH is 1. The zero-order chi connectivity index (χ0) is 11.4. The lowest BCUT2D eigenvalue weighted by Crippen LogP contribution is -2.04. The quantitative estimate of drug-likeness (QED) is 0.507. The van der Waals surface area contributed by atoms with Gasteiger partial charge in [-0.25, -0.2) is 9.59 Å². The van der Waals surface area contributed by atoms with Gasteiger partial charge >= 0.3 is 11.9 Å². The highest BCUT2D eigenvalue weighted by molar-refractivity contribution is 5.81. The first-order chi connectivity index (χ1) is 6.58. The molecule has 0 aromatic heterocycles. The SMILES string of the molecule is C/C=C/C(=O)O.C=CC(=O)OCCO. The maximum Gasteiger partial charge on any atom is 0.330 e. The van der Waals surface area contributed by atoms with Crippen molar-refractivity contribution in [2.45, 2.75) is 6.92 Å². The van der Waals surface area contributed by atoms with Gasteiger partial charge in [-0.05, 0) is 6.92 Å². The lowest BCUT2D eigenvalue weighted by Gasteiger charge is -1.94. The Labute approximate surface area is 82.3 Å². The summed E-state index contributed by atoms with van der Waals surface area (Å²) in [6.45, 7) is 4.73. The Morgan fingerprint density at radius 1 is 1.50 bits per heavy atom. The molecule has 0 aliphatic carbocycles. The molecule has 0 heterocycles. The Balaban J connectivity index is 0. The highest BCUT2D eigenvalue weighted by Crippen LogP contribution is 1.75. The summed E-state index contributed by atoms with van der Waals surface area (Å²) in [6, 6.07) is 0. The minimum Gasteiger partial charge on any atom is -0.478 e. The van der Waals surface area contributed by atoms with Crippen molar-refractivity contribution in [1.29, 1.82) is 0 Å². The van der Waals surface area contributed by atoms with E-state index < -0.39 is 11.9 Å². The summed E-state index contributed by atoms with van der Waals surface area (Å²) in [5.74, 6) is -1.39. The van der Waals surface area contributed by atoms with Gasteiger partial charge in [0, 0.05) is 12.2 Å². The second-order valence-corrected chi connectivity index (χ2v) is 1.93. The lowest BCUT2D eigenvalue weighted by atomic mass is 10.5. The molecule has 0 aromatic carbocycles. The van der Waals surface area contributed by atoms with Crippen LogP contribution < -0.4 is 0 Å². The van der Waals surface area contributed by atoms with Gasteiger partial charge in [0.05, 0.1) is 6.61 Å². The molecule has 0 spiro atoms. The van der Waals surface area contributed by atoms with Crippen LogP contribution in [0, 0.1) is 0 Å². The van der Waals surface area contributed by atoms with E-state index in [0.717, 1.165) is 12.2 Å². The van der Waals surface area contributed by atoms with E-state index in [1.807, 2.05) is 0 Å². The van der Waals surface area contributed by atoms with Crippen LogP contribution in [0.2, 0.25) is 0 Å². The molecule has 0 aromatic rings. The summed E-state index contributed by atoms with van der Waals surface area (Å²) in [6.07, 6.45) is 3.61. The molecule has 0 fully saturated rings. The van der Waals surface area contributed by atoms with Crippen molar-refractivity contribution in [3.05, 3.63) is 24.8 Å². The van der Waals surface area contributed by atoms with Gasteiger partial charge in [0.15, 0.2) is 0 Å². The Hall–Kier alpha value is -1.62. The first kappa shape index (κ1) is 14.9. The van der Waals surface area contributed by atoms with Crippen molar-refractivity contribution < 1.29 is 24.5 Å². The molecule has 2 N–H and O–H groups in total. The third kappa shape index (κ3) is 16.8. The average Bonchev–Trinajstić information content (AvgIpc) is 2.15. The van der Waals surface area contributed by atoms with Crippen LogP contribution >= 0.6 is 0 Å². The average molecular weight is 202 g/mol. The van der Waals surface area contributed by atoms with E-state index >= 15 is 0 Å². The maximum absolute atomic E-state index is 10.1. The number of carboxylic acid groups (broad SMARTS) is 1. The van der Waals surface area contributed by atoms with Crippen LogP contribution in [0.15, 0.2) is 24.8 Å². The smallest absolute Gasteiger partial charge is 0.330 e. The van der Waals surface area contributed by atoms with Crippen molar-refractivity contribution in [3.63, 3.8) is 0 Å². The zero-order valence-corrected chi connectivity index (χ0v) is 7.97. The van der Waals surface area contributed by atoms with E-state index in [-0.39, 0.29) is 13.2 Å². The predicted molar refractivity (Wildman–Crippen MR) is 50.7 cm³/mol. The monoisotopic (exact) mass is 202 g/mol. The molecule has 0 unspecified atom stereocenters. The number of rotatable bonds is 4. The number of esters is 1. The molecule has 0 saturated carbocycles. The minimum atomic E-state index is -0.891. The van der Waals surface area contributed by atoms with Crippen molar-refractivity contribution >= 4 is 11.9 Å². The number of aliphatic hydroxyl groups is 1. The lowest BCUT2D eigenvalue weighted by molar-refractivity contribution is -0.138. The molecule has 0 radical (unpaired) electrons. The molecule has 0 amide bonds. The first-order valence-electron chi connectivity index (χ1n) is 3.84. The fourth-order valence-electron chi connectivity index (χ4n) is 0.348. The molecule has 14 heavy (non-hydrogen) atoms. The van der Waals surface area contributed by atoms with E-state index in [4.69, 9.17) is 10.2 Å². The molecule has 0 saturated heterocycles. The summed E-state index contributed by atoms with van der Waals surface area (Å²) < 4.78 is 4.33. The molecule has 0 rings (SSSR count). The van der Waals surface area contributed by atoms with Crippen LogP contribution in [0.5, 0.6) is 0 Å². The minimum absolute atomic E-state index is 0.0465. The van der Waals surface area contributed by atoms with Crippen LogP contribution in [-0.4, -0.2) is 35.4 Å². The van der Waals surface area contributed by atoms with E-state index in [0.29, 0.717) is 0 Å². The van der Waals surface area contributed by atoms with Gasteiger partial charge in [-0.3, -0.25) is 0 Å². The Morgan fingerprint density at radius 3 is 2.29 bits per heavy atom. The number of allylic oxidation sites excluding steroid dienone is 1. The second kappa shape index (κ2) is 11.4. The number of ether oxygens (including phenoxy) is 1. The number of hydrogen-bond acceptors (Lipinski definition) is 4. The van der Waals surface area contributed by atoms with Gasteiger partial charge < -0.3 is 14.9 Å². The maximum atomic E-state index is 10.1. The number of carbonyl (C=O) groups excluding carboxylic acids is 1. The molecule has 0 aliphatic rings. The highest BCUT2D eigenvalue weighted by atomic mass is 16.5. The van der Waals surface area contributed by atoms with Gasteiger partial charge in [0.2, 0.25) is 0 Å². The second-order valence-electron chi connectivity index (χ2n) is 1.93. The van der Waals surface area contributed by atoms with E-state index in [1.165, 1.54) is 6.08 Å². The van der Waals surface area contributed by atoms with Crippen molar-refractivity contribution in [1.82, 2.24) is 0 Å². The van der Waals surface area contributed by atoms with Crippen LogP contribution in [0.3, 0.4) is 0 Å². The zero-order valence-electron chi connectivity index (χ0n) is 7.97. The molecular weight excluding hydrogens is 188 g/mol. The van der Waals surface area contributed by atoms with Crippen LogP contribution in [-0.2, 0) is 14.3 Å². The molecule has 80 valence electrons. The molecular formula is C9H14O5. The van der Waals surface area contributed by atoms with Crippen molar-refractivity contribution in [3.8, 4) is 0 Å². The Bertz CT molecular complexity index is 207. The summed E-state index contributed by atoms with van der Waals surface area (Å²) in [4.78, 5) is 19.6. The van der Waals surface area contributed by atoms with Gasteiger partial charge in [-0.1, -0.05) is 12.7 Å². The predicted octanol–water partition coefficient (Wildman–Crippen LogP) is 0.355. The molecule has 0 bridgehead atoms. The summed E-state index contributed by atoms with van der Waals surface area (Å²) >= 11 is 0. The van der Waals surface area contributed by atoms with Crippen LogP contribution in [0.1, 0.15) is 6.92 Å². The third-order valence-corrected chi connectivity index (χ3v) is 0.812. The Kier molecular flexibility index (Phi) is 12.1. The van der Waals surface area contributed by atoms with Crippen molar-refractivity contribution in [2.75, 3.05) is 13.2 Å². The van der Waals surface area contributed by atoms with Gasteiger partial charge in [-0.15, -0.1) is 0 Å². The van der Waals surface area contributed by atoms with E-state index in [2.05, 4.69) is 11.3 Å². The standard InChI is InChI=1S/C5H8O3.C4H6O2/c1-2-5(7)8-4-3-6;1-2-3-4(5)6/h2,6H,1,3-4H2;2-3H,1H3,(H,5,6)/b;3-2+. The molecule has 0 atom stereocenters. The number of aliphatic carboxylic acids is 1. The van der Waals surface area contributed by atoms with Crippen LogP contribution in [0.4, 0.5) is 0 Å². The summed E-state index contributed by atoms with van der Waals surface area (Å²) in [7, 11) is 0. The summed E-state index contributed by atoms with van der Waals surface area (Å²) in [5.41, 5.74) is 0. The van der Waals surface area contributed by atoms with Gasteiger partial charge in [0.25, 0.3) is 0 Å². The van der Waals surface area contributed by atoms with Gasteiger partial charge in [-0.2, -0.15) is 0 Å². The fraction of sp³-hybridized carbons (Fsp3) is 0.333. The van der Waals surface area contributed by atoms with E-state index in [1.54, 1.807) is 6.92 Å². The Morgan fingerprint density at radius 2 is 2.07 bits per heavy atom. The third-order valence-electron chi connectivity index (χ3n) is 0.812. The molecule has 5 heteroatoms. The first-order valence-corrected chi connectivity index (χ1v) is 3.84. The largest absolute Gasteiger partial charge is 0.478 e. The van der Waals surface area contributed by atoms with Gasteiger partial charge in [0.1, 0.15) is 6.61 Å². The number of hydrogen-bond donors (Lipinski definition) is 2. The molecule has 0 aliphatic heterocycles. The van der Waals surface area contributed by atoms with E-state index in [9.17, 15) is 9.59 Å². The van der Waals surface area contributed by atoms with Crippen LogP contribution in [0.25, 0.3) is 0 Å². The number of carboxylic acids is 1. The normalized spacial score (nSPS) is 8.71. The van der Waals surface area contributed by atoms with Crippen molar-refractivity contribution in [2.24, 2.45) is 0 Å². The fourth-order valence-corrected chi connectivity index (χ4v) is 0.348.